The minimum Gasteiger partial charge on any atom is -0.495 e. The van der Waals surface area contributed by atoms with Crippen molar-refractivity contribution in [2.24, 2.45) is 0 Å². The summed E-state index contributed by atoms with van der Waals surface area (Å²) in [6, 6.07) is 2.69. The molecule has 1 heterocycles. The summed E-state index contributed by atoms with van der Waals surface area (Å²) in [6.45, 7) is 5.44. The summed E-state index contributed by atoms with van der Waals surface area (Å²) >= 11 is 0. The number of nitrogens with zero attached hydrogens (tertiary/aromatic N) is 1. The molecule has 0 radical (unpaired) electrons. The van der Waals surface area contributed by atoms with Crippen LogP contribution in [0.5, 0.6) is 5.75 Å². The summed E-state index contributed by atoms with van der Waals surface area (Å²) in [7, 11) is 1.68. The van der Waals surface area contributed by atoms with Crippen LogP contribution in [0.3, 0.4) is 0 Å². The zero-order valence-corrected chi connectivity index (χ0v) is 11.2. The monoisotopic (exact) mass is 236 g/mol. The first-order valence-electron chi connectivity index (χ1n) is 6.51. The minimum atomic E-state index is 0.621. The van der Waals surface area contributed by atoms with Crippen LogP contribution in [0.1, 0.15) is 38.7 Å². The Kier molecular flexibility index (Phi) is 6.63. The lowest BCUT2D eigenvalue weighted by Crippen LogP contribution is -2.29. The van der Waals surface area contributed by atoms with Crippen LogP contribution in [0.25, 0.3) is 0 Å². The molecule has 0 saturated carbocycles. The summed E-state index contributed by atoms with van der Waals surface area (Å²) in [5, 5.41) is 3.53. The average molecular weight is 236 g/mol. The molecule has 0 spiro atoms. The van der Waals surface area contributed by atoms with Gasteiger partial charge in [0.15, 0.2) is 0 Å². The highest BCUT2D eigenvalue weighted by Crippen LogP contribution is 2.13. The first-order valence-corrected chi connectivity index (χ1v) is 6.51. The van der Waals surface area contributed by atoms with Crippen LogP contribution in [-0.2, 0) is 6.42 Å². The van der Waals surface area contributed by atoms with E-state index in [0.29, 0.717) is 6.04 Å². The summed E-state index contributed by atoms with van der Waals surface area (Å²) in [5.74, 6) is 0.845. The average Bonchev–Trinajstić information content (AvgIpc) is 2.37. The fraction of sp³-hybridized carbons (Fsp3) is 0.643. The highest BCUT2D eigenvalue weighted by atomic mass is 16.5. The molecule has 17 heavy (non-hydrogen) atoms. The van der Waals surface area contributed by atoms with E-state index < -0.39 is 0 Å². The van der Waals surface area contributed by atoms with Crippen molar-refractivity contribution in [2.45, 2.75) is 45.6 Å². The lowest BCUT2D eigenvalue weighted by molar-refractivity contribution is 0.411. The molecular formula is C14H24N2O. The van der Waals surface area contributed by atoms with Gasteiger partial charge < -0.3 is 10.1 Å². The second-order valence-electron chi connectivity index (χ2n) is 4.31. The van der Waals surface area contributed by atoms with E-state index in [1.54, 1.807) is 13.3 Å². The molecule has 1 aromatic heterocycles. The molecule has 0 fully saturated rings. The predicted octanol–water partition coefficient (Wildman–Crippen LogP) is 2.80. The Labute approximate surface area is 105 Å². The van der Waals surface area contributed by atoms with Crippen molar-refractivity contribution in [1.82, 2.24) is 10.3 Å². The van der Waals surface area contributed by atoms with E-state index in [4.69, 9.17) is 4.74 Å². The van der Waals surface area contributed by atoms with Gasteiger partial charge in [-0.15, -0.1) is 0 Å². The van der Waals surface area contributed by atoms with Crippen LogP contribution in [0.15, 0.2) is 18.5 Å². The molecule has 0 saturated heterocycles. The zero-order chi connectivity index (χ0) is 12.5. The second-order valence-corrected chi connectivity index (χ2v) is 4.31. The molecule has 1 atom stereocenters. The van der Waals surface area contributed by atoms with E-state index in [9.17, 15) is 0 Å². The SMILES string of the molecule is CCCC(CCc1cncc(OC)c1)NCC. The maximum atomic E-state index is 5.18. The van der Waals surface area contributed by atoms with Crippen molar-refractivity contribution in [3.63, 3.8) is 0 Å². The van der Waals surface area contributed by atoms with Crippen molar-refractivity contribution in [3.05, 3.63) is 24.0 Å². The maximum absolute atomic E-state index is 5.18. The van der Waals surface area contributed by atoms with E-state index in [0.717, 1.165) is 25.1 Å². The van der Waals surface area contributed by atoms with Gasteiger partial charge in [-0.25, -0.2) is 0 Å². The van der Waals surface area contributed by atoms with E-state index in [2.05, 4.69) is 30.2 Å². The van der Waals surface area contributed by atoms with Crippen LogP contribution in [-0.4, -0.2) is 24.7 Å². The normalized spacial score (nSPS) is 12.4. The van der Waals surface area contributed by atoms with Crippen molar-refractivity contribution < 1.29 is 4.74 Å². The Morgan fingerprint density at radius 1 is 1.29 bits per heavy atom. The summed E-state index contributed by atoms with van der Waals surface area (Å²) < 4.78 is 5.18. The molecule has 1 rings (SSSR count). The van der Waals surface area contributed by atoms with Gasteiger partial charge in [0.1, 0.15) is 5.75 Å². The second kappa shape index (κ2) is 8.07. The zero-order valence-electron chi connectivity index (χ0n) is 11.2. The molecule has 0 aliphatic carbocycles. The first kappa shape index (κ1) is 14.0. The van der Waals surface area contributed by atoms with Crippen LogP contribution in [0, 0.1) is 0 Å². The Hall–Kier alpha value is -1.09. The molecule has 0 aliphatic heterocycles. The fourth-order valence-electron chi connectivity index (χ4n) is 2.04. The van der Waals surface area contributed by atoms with Gasteiger partial charge in [-0.1, -0.05) is 20.3 Å². The largest absolute Gasteiger partial charge is 0.495 e. The number of nitrogens with one attached hydrogen (secondary N) is 1. The van der Waals surface area contributed by atoms with E-state index in [1.807, 2.05) is 6.20 Å². The molecule has 96 valence electrons. The molecule has 3 nitrogen and oxygen atoms in total. The Morgan fingerprint density at radius 3 is 2.76 bits per heavy atom. The Balaban J connectivity index is 2.46. The van der Waals surface area contributed by atoms with Crippen molar-refractivity contribution >= 4 is 0 Å². The Morgan fingerprint density at radius 2 is 2.12 bits per heavy atom. The van der Waals surface area contributed by atoms with E-state index >= 15 is 0 Å². The molecule has 1 aromatic rings. The number of aryl methyl sites for hydroxylation is 1. The molecular weight excluding hydrogens is 212 g/mol. The van der Waals surface area contributed by atoms with Gasteiger partial charge in [-0.3, -0.25) is 4.98 Å². The third kappa shape index (κ3) is 5.18. The van der Waals surface area contributed by atoms with Gasteiger partial charge in [0.05, 0.1) is 13.3 Å². The number of pyridine rings is 1. The number of ether oxygens (including phenoxy) is 1. The number of hydrogen-bond donors (Lipinski definition) is 1. The smallest absolute Gasteiger partial charge is 0.137 e. The number of aromatic nitrogens is 1. The summed E-state index contributed by atoms with van der Waals surface area (Å²) in [4.78, 5) is 4.18. The maximum Gasteiger partial charge on any atom is 0.137 e. The molecule has 0 bridgehead atoms. The third-order valence-corrected chi connectivity index (χ3v) is 2.92. The van der Waals surface area contributed by atoms with Gasteiger partial charge in [-0.05, 0) is 37.4 Å². The van der Waals surface area contributed by atoms with Gasteiger partial charge in [0.2, 0.25) is 0 Å². The topological polar surface area (TPSA) is 34.1 Å². The van der Waals surface area contributed by atoms with Crippen molar-refractivity contribution in [2.75, 3.05) is 13.7 Å². The van der Waals surface area contributed by atoms with Gasteiger partial charge in [-0.2, -0.15) is 0 Å². The summed E-state index contributed by atoms with van der Waals surface area (Å²) in [5.41, 5.74) is 1.25. The third-order valence-electron chi connectivity index (χ3n) is 2.92. The van der Waals surface area contributed by atoms with Gasteiger partial charge in [0.25, 0.3) is 0 Å². The predicted molar refractivity (Wildman–Crippen MR) is 71.5 cm³/mol. The standard InChI is InChI=1S/C14H24N2O/c1-4-6-13(16-5-2)8-7-12-9-14(17-3)11-15-10-12/h9-11,13,16H,4-8H2,1-3H3. The number of rotatable bonds is 8. The number of hydrogen-bond acceptors (Lipinski definition) is 3. The Bertz CT molecular complexity index is 309. The van der Waals surface area contributed by atoms with E-state index in [-0.39, 0.29) is 0 Å². The molecule has 0 aromatic carbocycles. The van der Waals surface area contributed by atoms with Gasteiger partial charge >= 0.3 is 0 Å². The van der Waals surface area contributed by atoms with Crippen LogP contribution in [0.4, 0.5) is 0 Å². The lowest BCUT2D eigenvalue weighted by Gasteiger charge is -2.16. The highest BCUT2D eigenvalue weighted by molar-refractivity contribution is 5.23. The minimum absolute atomic E-state index is 0.621. The van der Waals surface area contributed by atoms with Crippen molar-refractivity contribution in [1.29, 1.82) is 0 Å². The molecule has 1 N–H and O–H groups in total. The van der Waals surface area contributed by atoms with Crippen LogP contribution in [0.2, 0.25) is 0 Å². The van der Waals surface area contributed by atoms with Crippen LogP contribution < -0.4 is 10.1 Å². The molecule has 3 heteroatoms. The van der Waals surface area contributed by atoms with Crippen molar-refractivity contribution in [3.8, 4) is 5.75 Å². The first-order chi connectivity index (χ1) is 8.30. The lowest BCUT2D eigenvalue weighted by atomic mass is 10.0. The number of methoxy groups -OCH3 is 1. The van der Waals surface area contributed by atoms with Crippen LogP contribution >= 0.6 is 0 Å². The quantitative estimate of drug-likeness (QED) is 0.753. The van der Waals surface area contributed by atoms with Gasteiger partial charge in [0, 0.05) is 12.2 Å². The molecule has 1 unspecified atom stereocenters. The molecule has 0 amide bonds. The summed E-state index contributed by atoms with van der Waals surface area (Å²) in [6.07, 6.45) is 8.37. The van der Waals surface area contributed by atoms with E-state index in [1.165, 1.54) is 18.4 Å². The highest BCUT2D eigenvalue weighted by Gasteiger charge is 2.06. The molecule has 0 aliphatic rings. The fourth-order valence-corrected chi connectivity index (χ4v) is 2.04.